The summed E-state index contributed by atoms with van der Waals surface area (Å²) in [5, 5.41) is 3.73. The van der Waals surface area contributed by atoms with Crippen LogP contribution in [0.1, 0.15) is 19.3 Å². The Morgan fingerprint density at radius 1 is 1.11 bits per heavy atom. The van der Waals surface area contributed by atoms with Crippen molar-refractivity contribution in [1.82, 2.24) is 0 Å². The van der Waals surface area contributed by atoms with Gasteiger partial charge in [-0.15, -0.1) is 0 Å². The highest BCUT2D eigenvalue weighted by Crippen LogP contribution is 2.69. The minimum absolute atomic E-state index is 0.226. The maximum atomic E-state index is 12.2. The summed E-state index contributed by atoms with van der Waals surface area (Å²) >= 11 is 5.83. The van der Waals surface area contributed by atoms with Gasteiger partial charge in [0, 0.05) is 16.6 Å². The van der Waals surface area contributed by atoms with Crippen molar-refractivity contribution in [2.45, 2.75) is 19.3 Å². The Morgan fingerprint density at radius 3 is 2.33 bits per heavy atom. The lowest BCUT2D eigenvalue weighted by molar-refractivity contribution is -0.118. The summed E-state index contributed by atoms with van der Waals surface area (Å²) in [6.07, 6.45) is 4.10. The summed E-state index contributed by atoms with van der Waals surface area (Å²) in [6.45, 7) is 0. The molecule has 1 amide bonds. The topological polar surface area (TPSA) is 29.1 Å². The van der Waals surface area contributed by atoms with E-state index in [1.165, 1.54) is 19.3 Å². The second kappa shape index (κ2) is 3.74. The molecule has 2 bridgehead atoms. The van der Waals surface area contributed by atoms with E-state index in [1.54, 1.807) is 0 Å². The molecule has 3 aliphatic carbocycles. The first kappa shape index (κ1) is 10.9. The van der Waals surface area contributed by atoms with Gasteiger partial charge in [0.05, 0.1) is 0 Å². The number of nitrogens with one attached hydrogen (secondary N) is 1. The molecule has 4 atom stereocenters. The standard InChI is InChI=1S/C15H16ClNO/c16-10-3-5-11(6-4-10)17-15(18)14-12-8-1-2-9(7-8)13(12)14/h3-6,8-9,12-14H,1-2,7H2,(H,17,18)/t8-,9-,12-,13-/m0/s1. The number of benzene rings is 1. The van der Waals surface area contributed by atoms with Gasteiger partial charge >= 0.3 is 0 Å². The van der Waals surface area contributed by atoms with Gasteiger partial charge in [-0.1, -0.05) is 11.6 Å². The molecule has 0 heterocycles. The van der Waals surface area contributed by atoms with Gasteiger partial charge in [-0.05, 0) is 67.2 Å². The Morgan fingerprint density at radius 2 is 1.72 bits per heavy atom. The number of fused-ring (bicyclic) bond motifs is 5. The maximum Gasteiger partial charge on any atom is 0.228 e. The van der Waals surface area contributed by atoms with Gasteiger partial charge in [-0.3, -0.25) is 4.79 Å². The molecule has 3 heteroatoms. The molecule has 94 valence electrons. The molecule has 3 fully saturated rings. The van der Waals surface area contributed by atoms with Crippen molar-refractivity contribution >= 4 is 23.2 Å². The molecule has 0 aliphatic heterocycles. The van der Waals surface area contributed by atoms with Gasteiger partial charge in [0.1, 0.15) is 0 Å². The van der Waals surface area contributed by atoms with Gasteiger partial charge in [0.15, 0.2) is 0 Å². The van der Waals surface area contributed by atoms with Gasteiger partial charge in [0.25, 0.3) is 0 Å². The average Bonchev–Trinajstić information content (AvgIpc) is 2.82. The highest BCUT2D eigenvalue weighted by atomic mass is 35.5. The molecule has 0 spiro atoms. The van der Waals surface area contributed by atoms with Gasteiger partial charge in [-0.25, -0.2) is 0 Å². The lowest BCUT2D eigenvalue weighted by Gasteiger charge is -2.09. The summed E-state index contributed by atoms with van der Waals surface area (Å²) in [5.74, 6) is 3.63. The molecule has 18 heavy (non-hydrogen) atoms. The summed E-state index contributed by atoms with van der Waals surface area (Å²) in [7, 11) is 0. The van der Waals surface area contributed by atoms with Crippen LogP contribution in [0.4, 0.5) is 5.69 Å². The molecule has 0 unspecified atom stereocenters. The Hall–Kier alpha value is -1.02. The lowest BCUT2D eigenvalue weighted by atomic mass is 10.0. The fourth-order valence-electron chi connectivity index (χ4n) is 4.43. The first-order chi connectivity index (χ1) is 8.74. The molecule has 4 rings (SSSR count). The average molecular weight is 262 g/mol. The zero-order valence-electron chi connectivity index (χ0n) is 10.1. The van der Waals surface area contributed by atoms with Crippen LogP contribution in [0.25, 0.3) is 0 Å². The zero-order valence-corrected chi connectivity index (χ0v) is 10.9. The van der Waals surface area contributed by atoms with Crippen molar-refractivity contribution in [2.24, 2.45) is 29.6 Å². The summed E-state index contributed by atoms with van der Waals surface area (Å²) < 4.78 is 0. The van der Waals surface area contributed by atoms with E-state index in [9.17, 15) is 4.79 Å². The third-order valence-corrected chi connectivity index (χ3v) is 5.40. The number of amides is 1. The van der Waals surface area contributed by atoms with Crippen LogP contribution in [0.15, 0.2) is 24.3 Å². The predicted octanol–water partition coefficient (Wildman–Crippen LogP) is 3.57. The van der Waals surface area contributed by atoms with E-state index in [-0.39, 0.29) is 5.91 Å². The fourth-order valence-corrected chi connectivity index (χ4v) is 4.56. The predicted molar refractivity (Wildman–Crippen MR) is 71.4 cm³/mol. The SMILES string of the molecule is O=C(Nc1ccc(Cl)cc1)C1[C@H]2[C@H]3CC[C@@H](C3)[C@H]12. The Bertz CT molecular complexity index is 482. The number of rotatable bonds is 2. The number of hydrogen-bond donors (Lipinski definition) is 1. The Balaban J connectivity index is 1.45. The number of hydrogen-bond acceptors (Lipinski definition) is 1. The van der Waals surface area contributed by atoms with Crippen LogP contribution >= 0.6 is 11.6 Å². The third kappa shape index (κ3) is 1.51. The molecular weight excluding hydrogens is 246 g/mol. The molecule has 3 saturated carbocycles. The monoisotopic (exact) mass is 261 g/mol. The van der Waals surface area contributed by atoms with Gasteiger partial charge in [0.2, 0.25) is 5.91 Å². The van der Waals surface area contributed by atoms with E-state index in [4.69, 9.17) is 11.6 Å². The maximum absolute atomic E-state index is 12.2. The van der Waals surface area contributed by atoms with E-state index in [0.717, 1.165) is 17.5 Å². The Kier molecular flexibility index (Phi) is 2.25. The van der Waals surface area contributed by atoms with Crippen molar-refractivity contribution in [3.8, 4) is 0 Å². The number of anilines is 1. The van der Waals surface area contributed by atoms with Crippen molar-refractivity contribution < 1.29 is 4.79 Å². The molecule has 1 aromatic carbocycles. The van der Waals surface area contributed by atoms with Crippen LogP contribution in [0.3, 0.4) is 0 Å². The van der Waals surface area contributed by atoms with Crippen molar-refractivity contribution in [1.29, 1.82) is 0 Å². The minimum atomic E-state index is 0.226. The van der Waals surface area contributed by atoms with Crippen LogP contribution in [0.2, 0.25) is 5.02 Å². The molecule has 0 saturated heterocycles. The van der Waals surface area contributed by atoms with E-state index in [2.05, 4.69) is 5.32 Å². The molecule has 2 nitrogen and oxygen atoms in total. The molecule has 1 N–H and O–H groups in total. The summed E-state index contributed by atoms with van der Waals surface area (Å²) in [6, 6.07) is 7.36. The van der Waals surface area contributed by atoms with Crippen LogP contribution in [0, 0.1) is 29.6 Å². The Labute approximate surface area is 112 Å². The van der Waals surface area contributed by atoms with Gasteiger partial charge < -0.3 is 5.32 Å². The molecular formula is C15H16ClNO. The fraction of sp³-hybridized carbons (Fsp3) is 0.533. The zero-order chi connectivity index (χ0) is 12.3. The van der Waals surface area contributed by atoms with E-state index in [0.29, 0.717) is 22.8 Å². The highest BCUT2D eigenvalue weighted by molar-refractivity contribution is 6.30. The number of carbonyl (C=O) groups excluding carboxylic acids is 1. The molecule has 0 aromatic heterocycles. The third-order valence-electron chi connectivity index (χ3n) is 5.15. The van der Waals surface area contributed by atoms with E-state index >= 15 is 0 Å². The van der Waals surface area contributed by atoms with Crippen molar-refractivity contribution in [3.05, 3.63) is 29.3 Å². The van der Waals surface area contributed by atoms with Gasteiger partial charge in [-0.2, -0.15) is 0 Å². The van der Waals surface area contributed by atoms with Crippen LogP contribution < -0.4 is 5.32 Å². The first-order valence-corrected chi connectivity index (χ1v) is 7.18. The normalized spacial score (nSPS) is 39.5. The van der Waals surface area contributed by atoms with Crippen LogP contribution in [-0.2, 0) is 4.79 Å². The minimum Gasteiger partial charge on any atom is -0.326 e. The summed E-state index contributed by atoms with van der Waals surface area (Å²) in [5.41, 5.74) is 0.863. The summed E-state index contributed by atoms with van der Waals surface area (Å²) in [4.78, 5) is 12.2. The largest absolute Gasteiger partial charge is 0.326 e. The van der Waals surface area contributed by atoms with E-state index in [1.807, 2.05) is 24.3 Å². The quantitative estimate of drug-likeness (QED) is 0.866. The van der Waals surface area contributed by atoms with Crippen LogP contribution in [0.5, 0.6) is 0 Å². The second-order valence-corrected chi connectivity index (χ2v) is 6.45. The highest BCUT2D eigenvalue weighted by Gasteiger charge is 2.67. The lowest BCUT2D eigenvalue weighted by Crippen LogP contribution is -2.18. The molecule has 1 aromatic rings. The smallest absolute Gasteiger partial charge is 0.228 e. The van der Waals surface area contributed by atoms with Crippen molar-refractivity contribution in [3.63, 3.8) is 0 Å². The number of carbonyl (C=O) groups is 1. The van der Waals surface area contributed by atoms with E-state index < -0.39 is 0 Å². The van der Waals surface area contributed by atoms with Crippen molar-refractivity contribution in [2.75, 3.05) is 5.32 Å². The van der Waals surface area contributed by atoms with Crippen LogP contribution in [-0.4, -0.2) is 5.91 Å². The molecule has 3 aliphatic rings. The molecule has 0 radical (unpaired) electrons. The second-order valence-electron chi connectivity index (χ2n) is 6.01. The first-order valence-electron chi connectivity index (χ1n) is 6.80. The number of halogens is 1.